The van der Waals surface area contributed by atoms with Crippen molar-refractivity contribution in [2.45, 2.75) is 11.8 Å². The van der Waals surface area contributed by atoms with Gasteiger partial charge in [-0.3, -0.25) is 0 Å². The first kappa shape index (κ1) is 17.1. The molecule has 0 saturated carbocycles. The number of nitrogens with zero attached hydrogens (tertiary/aromatic N) is 1. The van der Waals surface area contributed by atoms with Crippen LogP contribution in [-0.4, -0.2) is 39.9 Å². The zero-order chi connectivity index (χ0) is 15.4. The van der Waals surface area contributed by atoms with E-state index < -0.39 is 19.9 Å². The number of halogens is 1. The van der Waals surface area contributed by atoms with Gasteiger partial charge in [0.25, 0.3) is 0 Å². The maximum Gasteiger partial charge on any atom is 0.242 e. The standard InChI is InChI=1S/C9H15ClN4O4S2/c1-2-19(15,16)4-3-13-20(17,18)7-5-8(10)9(14-11)12-6-7/h5-6,13H,2-4,11H2,1H3,(H,12,14). The van der Waals surface area contributed by atoms with Crippen LogP contribution < -0.4 is 16.0 Å². The van der Waals surface area contributed by atoms with Crippen molar-refractivity contribution in [3.8, 4) is 0 Å². The molecule has 11 heteroatoms. The highest BCUT2D eigenvalue weighted by molar-refractivity contribution is 7.91. The van der Waals surface area contributed by atoms with Crippen LogP contribution in [0, 0.1) is 0 Å². The quantitative estimate of drug-likeness (QED) is 0.459. The first-order valence-electron chi connectivity index (χ1n) is 5.54. The predicted octanol–water partition coefficient (Wildman–Crippen LogP) is -0.266. The van der Waals surface area contributed by atoms with E-state index in [-0.39, 0.29) is 33.8 Å². The third-order valence-corrected chi connectivity index (χ3v) is 5.83. The van der Waals surface area contributed by atoms with Gasteiger partial charge in [0.2, 0.25) is 10.0 Å². The Labute approximate surface area is 122 Å². The van der Waals surface area contributed by atoms with E-state index in [1.807, 2.05) is 0 Å². The Kier molecular flexibility index (Phi) is 5.71. The Morgan fingerprint density at radius 3 is 2.50 bits per heavy atom. The molecule has 0 radical (unpaired) electrons. The summed E-state index contributed by atoms with van der Waals surface area (Å²) in [7, 11) is -7.11. The molecule has 0 aliphatic heterocycles. The molecular formula is C9H15ClN4O4S2. The van der Waals surface area contributed by atoms with Gasteiger partial charge in [-0.2, -0.15) is 0 Å². The number of pyridine rings is 1. The van der Waals surface area contributed by atoms with Crippen LogP contribution >= 0.6 is 11.6 Å². The molecule has 1 heterocycles. The number of anilines is 1. The first-order chi connectivity index (χ1) is 9.22. The highest BCUT2D eigenvalue weighted by atomic mass is 35.5. The van der Waals surface area contributed by atoms with Crippen LogP contribution in [0.4, 0.5) is 5.82 Å². The fourth-order valence-electron chi connectivity index (χ4n) is 1.23. The molecule has 0 aliphatic rings. The number of nitrogens with two attached hydrogens (primary N) is 1. The van der Waals surface area contributed by atoms with Crippen molar-refractivity contribution < 1.29 is 16.8 Å². The lowest BCUT2D eigenvalue weighted by Gasteiger charge is -2.08. The average molecular weight is 343 g/mol. The molecule has 0 amide bonds. The molecule has 0 spiro atoms. The molecule has 1 rings (SSSR count). The molecule has 0 saturated heterocycles. The normalized spacial score (nSPS) is 12.3. The topological polar surface area (TPSA) is 131 Å². The van der Waals surface area contributed by atoms with Crippen molar-refractivity contribution in [2.24, 2.45) is 5.84 Å². The summed E-state index contributed by atoms with van der Waals surface area (Å²) in [6, 6.07) is 1.17. The lowest BCUT2D eigenvalue weighted by molar-refractivity contribution is 0.581. The van der Waals surface area contributed by atoms with E-state index in [1.165, 1.54) is 13.0 Å². The third-order valence-electron chi connectivity index (χ3n) is 2.41. The van der Waals surface area contributed by atoms with Gasteiger partial charge in [0, 0.05) is 18.5 Å². The Morgan fingerprint density at radius 2 is 2.00 bits per heavy atom. The molecule has 1 aromatic heterocycles. The van der Waals surface area contributed by atoms with E-state index in [4.69, 9.17) is 17.4 Å². The fourth-order valence-corrected chi connectivity index (χ4v) is 3.35. The second-order valence-electron chi connectivity index (χ2n) is 3.78. The number of hydrogen-bond donors (Lipinski definition) is 3. The molecule has 114 valence electrons. The van der Waals surface area contributed by atoms with Crippen LogP contribution in [0.3, 0.4) is 0 Å². The fraction of sp³-hybridized carbons (Fsp3) is 0.444. The summed E-state index contributed by atoms with van der Waals surface area (Å²) in [5.41, 5.74) is 2.21. The predicted molar refractivity (Wildman–Crippen MR) is 76.6 cm³/mol. The number of sulfonamides is 1. The molecule has 0 unspecified atom stereocenters. The van der Waals surface area contributed by atoms with Gasteiger partial charge in [-0.1, -0.05) is 18.5 Å². The van der Waals surface area contributed by atoms with Crippen molar-refractivity contribution in [3.63, 3.8) is 0 Å². The Morgan fingerprint density at radius 1 is 1.35 bits per heavy atom. The minimum atomic E-state index is -3.87. The van der Waals surface area contributed by atoms with Gasteiger partial charge in [-0.05, 0) is 6.07 Å². The van der Waals surface area contributed by atoms with Crippen LogP contribution in [0.5, 0.6) is 0 Å². The molecule has 0 bridgehead atoms. The minimum absolute atomic E-state index is 0.0385. The van der Waals surface area contributed by atoms with Crippen LogP contribution in [-0.2, 0) is 19.9 Å². The first-order valence-corrected chi connectivity index (χ1v) is 9.22. The van der Waals surface area contributed by atoms with Gasteiger partial charge in [0.15, 0.2) is 15.7 Å². The van der Waals surface area contributed by atoms with E-state index >= 15 is 0 Å². The van der Waals surface area contributed by atoms with Crippen molar-refractivity contribution in [1.29, 1.82) is 0 Å². The van der Waals surface area contributed by atoms with Gasteiger partial charge in [0.05, 0.1) is 10.8 Å². The lowest BCUT2D eigenvalue weighted by atomic mass is 10.5. The Bertz CT molecular complexity index is 675. The minimum Gasteiger partial charge on any atom is -0.307 e. The van der Waals surface area contributed by atoms with Gasteiger partial charge in [-0.25, -0.2) is 32.4 Å². The molecule has 8 nitrogen and oxygen atoms in total. The zero-order valence-corrected chi connectivity index (χ0v) is 13.0. The number of nitrogens with one attached hydrogen (secondary N) is 2. The number of nitrogen functional groups attached to an aromatic ring is 1. The zero-order valence-electron chi connectivity index (χ0n) is 10.6. The van der Waals surface area contributed by atoms with Crippen LogP contribution in [0.1, 0.15) is 6.92 Å². The summed E-state index contributed by atoms with van der Waals surface area (Å²) in [4.78, 5) is 3.56. The van der Waals surface area contributed by atoms with Crippen molar-refractivity contribution in [2.75, 3.05) is 23.5 Å². The maximum absolute atomic E-state index is 11.9. The number of sulfone groups is 1. The summed E-state index contributed by atoms with van der Waals surface area (Å²) < 4.78 is 48.5. The molecular weight excluding hydrogens is 328 g/mol. The highest BCUT2D eigenvalue weighted by Gasteiger charge is 2.17. The molecule has 1 aromatic rings. The van der Waals surface area contributed by atoms with E-state index in [2.05, 4.69) is 15.1 Å². The summed E-state index contributed by atoms with van der Waals surface area (Å²) in [5, 5.41) is 0.0385. The average Bonchev–Trinajstić information content (AvgIpc) is 2.38. The number of hydrazine groups is 1. The van der Waals surface area contributed by atoms with Gasteiger partial charge < -0.3 is 5.43 Å². The smallest absolute Gasteiger partial charge is 0.242 e. The molecule has 20 heavy (non-hydrogen) atoms. The molecule has 0 aliphatic carbocycles. The van der Waals surface area contributed by atoms with E-state index in [1.54, 1.807) is 0 Å². The number of aromatic nitrogens is 1. The second-order valence-corrected chi connectivity index (χ2v) is 8.43. The summed E-state index contributed by atoms with van der Waals surface area (Å²) in [6.45, 7) is 1.28. The van der Waals surface area contributed by atoms with E-state index in [0.717, 1.165) is 6.20 Å². The largest absolute Gasteiger partial charge is 0.307 e. The number of rotatable bonds is 7. The Hall–Kier alpha value is -0.940. The molecule has 0 fully saturated rings. The van der Waals surface area contributed by atoms with Crippen LogP contribution in [0.15, 0.2) is 17.2 Å². The third kappa shape index (κ3) is 4.56. The monoisotopic (exact) mass is 342 g/mol. The summed E-state index contributed by atoms with van der Waals surface area (Å²) >= 11 is 5.77. The second kappa shape index (κ2) is 6.68. The summed E-state index contributed by atoms with van der Waals surface area (Å²) in [6.07, 6.45) is 1.07. The van der Waals surface area contributed by atoms with Gasteiger partial charge in [-0.15, -0.1) is 0 Å². The SMILES string of the molecule is CCS(=O)(=O)CCNS(=O)(=O)c1cnc(NN)c(Cl)c1. The summed E-state index contributed by atoms with van der Waals surface area (Å²) in [5.74, 6) is 4.95. The van der Waals surface area contributed by atoms with Crippen LogP contribution in [0.2, 0.25) is 5.02 Å². The van der Waals surface area contributed by atoms with Crippen molar-refractivity contribution >= 4 is 37.3 Å². The Balaban J connectivity index is 2.82. The van der Waals surface area contributed by atoms with Crippen LogP contribution in [0.25, 0.3) is 0 Å². The van der Waals surface area contributed by atoms with Gasteiger partial charge in [0.1, 0.15) is 4.90 Å². The van der Waals surface area contributed by atoms with Gasteiger partial charge >= 0.3 is 0 Å². The van der Waals surface area contributed by atoms with E-state index in [9.17, 15) is 16.8 Å². The van der Waals surface area contributed by atoms with E-state index in [0.29, 0.717) is 0 Å². The molecule has 4 N–H and O–H groups in total. The number of hydrogen-bond acceptors (Lipinski definition) is 7. The maximum atomic E-state index is 11.9. The van der Waals surface area contributed by atoms with Crippen molar-refractivity contribution in [1.82, 2.24) is 9.71 Å². The lowest BCUT2D eigenvalue weighted by Crippen LogP contribution is -2.29. The molecule has 0 aromatic carbocycles. The molecule has 0 atom stereocenters. The van der Waals surface area contributed by atoms with Crippen molar-refractivity contribution in [3.05, 3.63) is 17.3 Å². The highest BCUT2D eigenvalue weighted by Crippen LogP contribution is 2.21.